The molecule has 7 heteroatoms. The van der Waals surface area contributed by atoms with Gasteiger partial charge < -0.3 is 0 Å². The third kappa shape index (κ3) is 2.55. The standard InChI is InChI=1S/C23H19N5O2/c1-13(2)15-7-9-16(10-8-15)27-22(29)17-12-25-21-19(20(17)23(27)30)14(3)26-28(21)18-6-4-5-11-24-18/h4-13H,1-3H3. The zero-order valence-corrected chi connectivity index (χ0v) is 16.8. The van der Waals surface area contributed by atoms with Crippen molar-refractivity contribution in [3.8, 4) is 5.82 Å². The van der Waals surface area contributed by atoms with E-state index < -0.39 is 0 Å². The summed E-state index contributed by atoms with van der Waals surface area (Å²) in [6.45, 7) is 6.00. The van der Waals surface area contributed by atoms with Crippen LogP contribution >= 0.6 is 0 Å². The van der Waals surface area contributed by atoms with Crippen LogP contribution in [0.5, 0.6) is 0 Å². The van der Waals surface area contributed by atoms with E-state index in [1.54, 1.807) is 10.9 Å². The fourth-order valence-electron chi connectivity index (χ4n) is 3.84. The third-order valence-electron chi connectivity index (χ3n) is 5.41. The van der Waals surface area contributed by atoms with Crippen LogP contribution in [-0.4, -0.2) is 31.6 Å². The van der Waals surface area contributed by atoms with Crippen LogP contribution in [0.2, 0.25) is 0 Å². The van der Waals surface area contributed by atoms with E-state index in [9.17, 15) is 9.59 Å². The highest BCUT2D eigenvalue weighted by atomic mass is 16.2. The molecule has 7 nitrogen and oxygen atoms in total. The third-order valence-corrected chi connectivity index (χ3v) is 5.41. The number of carbonyl (C=O) groups excluding carboxylic acids is 2. The minimum atomic E-state index is -0.369. The van der Waals surface area contributed by atoms with Crippen LogP contribution in [0, 0.1) is 6.92 Å². The van der Waals surface area contributed by atoms with E-state index >= 15 is 0 Å². The summed E-state index contributed by atoms with van der Waals surface area (Å²) in [5.41, 5.74) is 3.46. The van der Waals surface area contributed by atoms with Gasteiger partial charge in [-0.1, -0.05) is 32.0 Å². The summed E-state index contributed by atoms with van der Waals surface area (Å²) in [5, 5.41) is 5.12. The average molecular weight is 397 g/mol. The molecule has 3 aromatic heterocycles. The SMILES string of the molecule is Cc1nn(-c2ccccn2)c2ncc3c(c12)C(=O)N(c1ccc(C(C)C)cc1)C3=O. The Morgan fingerprint density at radius 3 is 2.37 bits per heavy atom. The Morgan fingerprint density at radius 1 is 0.933 bits per heavy atom. The lowest BCUT2D eigenvalue weighted by Gasteiger charge is -2.15. The highest BCUT2D eigenvalue weighted by Crippen LogP contribution is 2.34. The molecule has 1 aliphatic rings. The van der Waals surface area contributed by atoms with Crippen LogP contribution in [0.4, 0.5) is 5.69 Å². The number of benzene rings is 1. The number of imide groups is 1. The molecule has 148 valence electrons. The quantitative estimate of drug-likeness (QED) is 0.487. The van der Waals surface area contributed by atoms with E-state index in [4.69, 9.17) is 0 Å². The van der Waals surface area contributed by atoms with Crippen molar-refractivity contribution >= 4 is 28.5 Å². The lowest BCUT2D eigenvalue weighted by Crippen LogP contribution is -2.29. The number of rotatable bonds is 3. The Balaban J connectivity index is 1.65. The van der Waals surface area contributed by atoms with Gasteiger partial charge in [0.05, 0.1) is 27.9 Å². The van der Waals surface area contributed by atoms with Crippen molar-refractivity contribution < 1.29 is 9.59 Å². The average Bonchev–Trinajstić information content (AvgIpc) is 3.23. The van der Waals surface area contributed by atoms with Gasteiger partial charge in [-0.2, -0.15) is 9.78 Å². The van der Waals surface area contributed by atoms with Gasteiger partial charge in [0.1, 0.15) is 0 Å². The zero-order valence-electron chi connectivity index (χ0n) is 16.8. The van der Waals surface area contributed by atoms with Crippen molar-refractivity contribution in [3.05, 3.63) is 77.2 Å². The lowest BCUT2D eigenvalue weighted by atomic mass is 10.0. The second-order valence-corrected chi connectivity index (χ2v) is 7.62. The highest BCUT2D eigenvalue weighted by molar-refractivity contribution is 6.37. The Bertz CT molecular complexity index is 1310. The number of anilines is 1. The molecule has 5 rings (SSSR count). The molecule has 0 N–H and O–H groups in total. The van der Waals surface area contributed by atoms with Gasteiger partial charge in [0.25, 0.3) is 11.8 Å². The predicted octanol–water partition coefficient (Wildman–Crippen LogP) is 4.05. The first-order valence-electron chi connectivity index (χ1n) is 9.76. The zero-order chi connectivity index (χ0) is 21.0. The largest absolute Gasteiger partial charge is 0.268 e. The van der Waals surface area contributed by atoms with Crippen LogP contribution in [0.25, 0.3) is 16.9 Å². The van der Waals surface area contributed by atoms with Crippen molar-refractivity contribution in [1.29, 1.82) is 0 Å². The van der Waals surface area contributed by atoms with E-state index in [0.717, 1.165) is 5.56 Å². The minimum Gasteiger partial charge on any atom is -0.268 e. The first-order valence-corrected chi connectivity index (χ1v) is 9.76. The van der Waals surface area contributed by atoms with Crippen molar-refractivity contribution in [2.24, 2.45) is 0 Å². The predicted molar refractivity (Wildman–Crippen MR) is 113 cm³/mol. The van der Waals surface area contributed by atoms with Crippen LogP contribution < -0.4 is 4.90 Å². The number of aromatic nitrogens is 4. The molecule has 0 spiro atoms. The maximum Gasteiger partial charge on any atom is 0.267 e. The normalized spacial score (nSPS) is 13.5. The number of fused-ring (bicyclic) bond motifs is 3. The van der Waals surface area contributed by atoms with E-state index in [0.29, 0.717) is 45.3 Å². The second kappa shape index (κ2) is 6.59. The van der Waals surface area contributed by atoms with Gasteiger partial charge >= 0.3 is 0 Å². The molecule has 0 atom stereocenters. The van der Waals surface area contributed by atoms with Crippen LogP contribution in [0.1, 0.15) is 51.7 Å². The number of nitrogens with zero attached hydrogens (tertiary/aromatic N) is 5. The van der Waals surface area contributed by atoms with Crippen molar-refractivity contribution in [3.63, 3.8) is 0 Å². The molecular weight excluding hydrogens is 378 g/mol. The number of pyridine rings is 2. The Kier molecular flexibility index (Phi) is 3.99. The number of hydrogen-bond donors (Lipinski definition) is 0. The fraction of sp³-hybridized carbons (Fsp3) is 0.174. The molecule has 4 heterocycles. The summed E-state index contributed by atoms with van der Waals surface area (Å²) in [4.78, 5) is 36.4. The highest BCUT2D eigenvalue weighted by Gasteiger charge is 2.40. The molecule has 30 heavy (non-hydrogen) atoms. The Morgan fingerprint density at radius 2 is 1.70 bits per heavy atom. The summed E-state index contributed by atoms with van der Waals surface area (Å²) in [7, 11) is 0. The summed E-state index contributed by atoms with van der Waals surface area (Å²) in [6, 6.07) is 13.0. The summed E-state index contributed by atoms with van der Waals surface area (Å²) in [5.74, 6) is 0.237. The van der Waals surface area contributed by atoms with Crippen LogP contribution in [0.15, 0.2) is 54.9 Å². The first-order chi connectivity index (χ1) is 14.5. The van der Waals surface area contributed by atoms with E-state index in [-0.39, 0.29) is 11.8 Å². The smallest absolute Gasteiger partial charge is 0.267 e. The maximum atomic E-state index is 13.4. The number of hydrogen-bond acceptors (Lipinski definition) is 5. The molecule has 0 unspecified atom stereocenters. The van der Waals surface area contributed by atoms with E-state index in [2.05, 4.69) is 28.9 Å². The van der Waals surface area contributed by atoms with Gasteiger partial charge in [0, 0.05) is 12.4 Å². The van der Waals surface area contributed by atoms with E-state index in [1.165, 1.54) is 11.1 Å². The van der Waals surface area contributed by atoms with Gasteiger partial charge in [0.15, 0.2) is 11.5 Å². The van der Waals surface area contributed by atoms with Gasteiger partial charge in [-0.05, 0) is 42.7 Å². The second-order valence-electron chi connectivity index (χ2n) is 7.62. The summed E-state index contributed by atoms with van der Waals surface area (Å²) in [6.07, 6.45) is 3.13. The van der Waals surface area contributed by atoms with Crippen LogP contribution in [-0.2, 0) is 0 Å². The van der Waals surface area contributed by atoms with Gasteiger partial charge in [0.2, 0.25) is 0 Å². The van der Waals surface area contributed by atoms with Crippen molar-refractivity contribution in [1.82, 2.24) is 19.7 Å². The first kappa shape index (κ1) is 18.2. The van der Waals surface area contributed by atoms with Gasteiger partial charge in [-0.15, -0.1) is 0 Å². The lowest BCUT2D eigenvalue weighted by molar-refractivity contribution is 0.0926. The molecule has 0 fully saturated rings. The number of carbonyl (C=O) groups is 2. The topological polar surface area (TPSA) is 81.0 Å². The molecule has 0 saturated heterocycles. The maximum absolute atomic E-state index is 13.4. The van der Waals surface area contributed by atoms with E-state index in [1.807, 2.05) is 49.4 Å². The Hall–Kier alpha value is -3.87. The molecule has 0 radical (unpaired) electrons. The van der Waals surface area contributed by atoms with Gasteiger partial charge in [-0.25, -0.2) is 14.9 Å². The molecule has 4 aromatic rings. The molecule has 0 saturated carbocycles. The molecule has 0 bridgehead atoms. The molecule has 1 aromatic carbocycles. The fourth-order valence-corrected chi connectivity index (χ4v) is 3.84. The van der Waals surface area contributed by atoms with Crippen molar-refractivity contribution in [2.75, 3.05) is 4.90 Å². The van der Waals surface area contributed by atoms with Crippen LogP contribution in [0.3, 0.4) is 0 Å². The van der Waals surface area contributed by atoms with Gasteiger partial charge in [-0.3, -0.25) is 9.59 Å². The summed E-state index contributed by atoms with van der Waals surface area (Å²) >= 11 is 0. The monoisotopic (exact) mass is 397 g/mol. The molecule has 2 amide bonds. The molecular formula is C23H19N5O2. The number of aryl methyl sites for hydroxylation is 1. The molecule has 0 aliphatic carbocycles. The number of amides is 2. The molecule has 1 aliphatic heterocycles. The minimum absolute atomic E-state index is 0.295. The van der Waals surface area contributed by atoms with Crippen molar-refractivity contribution in [2.45, 2.75) is 26.7 Å². The Labute approximate surface area is 173 Å². The summed E-state index contributed by atoms with van der Waals surface area (Å²) < 4.78 is 1.60.